The SMILES string of the molecule is C=C1NC(=O)C=CN1[C@@H]1O[C@H]([C@H]2O[C@H](CCN)N(C(=O)CCCCCCCCCCCCCCC)[C@@H]2C(=O)OC)C(O)C1O. The summed E-state index contributed by atoms with van der Waals surface area (Å²) in [7, 11) is 1.22. The summed E-state index contributed by atoms with van der Waals surface area (Å²) in [6.45, 7) is 6.21. The number of amides is 2. The summed E-state index contributed by atoms with van der Waals surface area (Å²) in [5, 5.41) is 24.4. The second kappa shape index (κ2) is 18.5. The molecular formula is C32H54N4O8. The van der Waals surface area contributed by atoms with Crippen molar-refractivity contribution in [1.29, 1.82) is 0 Å². The summed E-state index contributed by atoms with van der Waals surface area (Å²) in [6.07, 6.45) is 11.5. The molecule has 250 valence electrons. The van der Waals surface area contributed by atoms with Crippen molar-refractivity contribution in [2.75, 3.05) is 13.7 Å². The second-order valence-corrected chi connectivity index (χ2v) is 12.0. The molecule has 3 aliphatic rings. The van der Waals surface area contributed by atoms with Crippen molar-refractivity contribution in [3.8, 4) is 0 Å². The minimum atomic E-state index is -1.47. The third-order valence-electron chi connectivity index (χ3n) is 8.71. The largest absolute Gasteiger partial charge is 0.467 e. The lowest BCUT2D eigenvalue weighted by Gasteiger charge is -2.33. The van der Waals surface area contributed by atoms with E-state index in [0.717, 1.165) is 19.3 Å². The molecule has 0 spiro atoms. The van der Waals surface area contributed by atoms with Crippen molar-refractivity contribution in [3.05, 3.63) is 24.7 Å². The van der Waals surface area contributed by atoms with Gasteiger partial charge < -0.3 is 45.3 Å². The van der Waals surface area contributed by atoms with Gasteiger partial charge >= 0.3 is 5.97 Å². The number of rotatable bonds is 19. The minimum absolute atomic E-state index is 0.155. The molecule has 2 unspecified atom stereocenters. The molecule has 0 bridgehead atoms. The number of ether oxygens (including phenoxy) is 3. The van der Waals surface area contributed by atoms with Crippen molar-refractivity contribution >= 4 is 17.8 Å². The Morgan fingerprint density at radius 3 is 2.09 bits per heavy atom. The zero-order valence-corrected chi connectivity index (χ0v) is 26.5. The van der Waals surface area contributed by atoms with Gasteiger partial charge in [-0.2, -0.15) is 0 Å². The molecule has 2 amide bonds. The Morgan fingerprint density at radius 2 is 1.55 bits per heavy atom. The number of nitrogens with zero attached hydrogens (tertiary/aromatic N) is 2. The first-order valence-electron chi connectivity index (χ1n) is 16.5. The molecule has 7 atom stereocenters. The van der Waals surface area contributed by atoms with Crippen LogP contribution >= 0.6 is 0 Å². The van der Waals surface area contributed by atoms with Gasteiger partial charge in [0.15, 0.2) is 12.3 Å². The maximum absolute atomic E-state index is 13.5. The number of carbonyl (C=O) groups excluding carboxylic acids is 3. The highest BCUT2D eigenvalue weighted by Gasteiger charge is 2.58. The van der Waals surface area contributed by atoms with Crippen molar-refractivity contribution in [1.82, 2.24) is 15.1 Å². The molecule has 0 aromatic heterocycles. The van der Waals surface area contributed by atoms with Crippen molar-refractivity contribution in [3.63, 3.8) is 0 Å². The predicted molar refractivity (Wildman–Crippen MR) is 164 cm³/mol. The summed E-state index contributed by atoms with van der Waals surface area (Å²) in [5.41, 5.74) is 5.83. The van der Waals surface area contributed by atoms with E-state index in [1.807, 2.05) is 0 Å². The number of hydrogen-bond donors (Lipinski definition) is 4. The van der Waals surface area contributed by atoms with Crippen LogP contribution in [0.25, 0.3) is 0 Å². The van der Waals surface area contributed by atoms with Gasteiger partial charge in [-0.1, -0.05) is 90.6 Å². The average molecular weight is 623 g/mol. The first-order chi connectivity index (χ1) is 21.2. The minimum Gasteiger partial charge on any atom is -0.467 e. The highest BCUT2D eigenvalue weighted by molar-refractivity contribution is 5.89. The fraction of sp³-hybridized carbons (Fsp3) is 0.781. The van der Waals surface area contributed by atoms with E-state index in [1.165, 1.54) is 87.0 Å². The number of nitrogens with two attached hydrogens (primary N) is 1. The Kier molecular flexibility index (Phi) is 15.1. The van der Waals surface area contributed by atoms with E-state index in [0.29, 0.717) is 6.42 Å². The van der Waals surface area contributed by atoms with Crippen LogP contribution in [0.4, 0.5) is 0 Å². The summed E-state index contributed by atoms with van der Waals surface area (Å²) in [5.74, 6) is -1.20. The van der Waals surface area contributed by atoms with E-state index in [2.05, 4.69) is 18.8 Å². The highest BCUT2D eigenvalue weighted by Crippen LogP contribution is 2.37. The molecule has 2 fully saturated rings. The van der Waals surface area contributed by atoms with Crippen LogP contribution in [0.5, 0.6) is 0 Å². The number of methoxy groups -OCH3 is 1. The normalized spacial score (nSPS) is 28.5. The number of hydrogen-bond acceptors (Lipinski definition) is 10. The van der Waals surface area contributed by atoms with Gasteiger partial charge in [-0.3, -0.25) is 9.59 Å². The van der Waals surface area contributed by atoms with Crippen LogP contribution in [0.2, 0.25) is 0 Å². The molecule has 5 N–H and O–H groups in total. The Bertz CT molecular complexity index is 978. The zero-order valence-electron chi connectivity index (χ0n) is 26.5. The Balaban J connectivity index is 1.54. The number of carbonyl (C=O) groups is 3. The average Bonchev–Trinajstić information content (AvgIpc) is 3.52. The molecule has 3 rings (SSSR count). The van der Waals surface area contributed by atoms with Crippen LogP contribution in [0.1, 0.15) is 103 Å². The lowest BCUT2D eigenvalue weighted by molar-refractivity contribution is -0.155. The number of aliphatic hydroxyl groups is 2. The van der Waals surface area contributed by atoms with Gasteiger partial charge in [0.25, 0.3) is 5.91 Å². The van der Waals surface area contributed by atoms with Crippen LogP contribution in [-0.4, -0.2) is 94.4 Å². The molecule has 3 aliphatic heterocycles. The van der Waals surface area contributed by atoms with E-state index < -0.39 is 48.9 Å². The molecule has 44 heavy (non-hydrogen) atoms. The van der Waals surface area contributed by atoms with Crippen LogP contribution in [-0.2, 0) is 28.6 Å². The Morgan fingerprint density at radius 1 is 0.955 bits per heavy atom. The third kappa shape index (κ3) is 9.50. The van der Waals surface area contributed by atoms with Gasteiger partial charge in [0.2, 0.25) is 5.91 Å². The molecule has 2 saturated heterocycles. The summed E-state index contributed by atoms with van der Waals surface area (Å²) in [4.78, 5) is 41.0. The monoisotopic (exact) mass is 622 g/mol. The van der Waals surface area contributed by atoms with Gasteiger partial charge in [0.05, 0.1) is 7.11 Å². The van der Waals surface area contributed by atoms with Gasteiger partial charge in [-0.15, -0.1) is 0 Å². The second-order valence-electron chi connectivity index (χ2n) is 12.0. The van der Waals surface area contributed by atoms with Crippen LogP contribution in [0, 0.1) is 0 Å². The highest BCUT2D eigenvalue weighted by atomic mass is 16.6. The summed E-state index contributed by atoms with van der Waals surface area (Å²) >= 11 is 0. The third-order valence-corrected chi connectivity index (χ3v) is 8.71. The molecule has 0 saturated carbocycles. The number of aliphatic hydroxyl groups excluding tert-OH is 2. The standard InChI is InChI=1S/C32H54N4O8/c1-4-5-6-7-8-9-10-11-12-13-14-15-16-17-24(38)36-25(18-20-33)43-29(26(36)32(41)42-3)30-27(39)28(40)31(44-30)35-21-19-23(37)34-22(35)2/h19,21,25-31,39-40H,2,4-18,20,33H2,1,3H3,(H,34,37)/t25-,26+,27?,28?,29+,30+,31-/m1/s1. The fourth-order valence-electron chi connectivity index (χ4n) is 6.28. The van der Waals surface area contributed by atoms with Gasteiger partial charge in [0, 0.05) is 25.1 Å². The molecule has 0 aromatic carbocycles. The molecule has 12 heteroatoms. The van der Waals surface area contributed by atoms with E-state index in [-0.39, 0.29) is 37.0 Å². The fourth-order valence-corrected chi connectivity index (χ4v) is 6.28. The van der Waals surface area contributed by atoms with E-state index >= 15 is 0 Å². The molecule has 0 aromatic rings. The van der Waals surface area contributed by atoms with Crippen molar-refractivity contribution in [2.24, 2.45) is 5.73 Å². The van der Waals surface area contributed by atoms with Crippen molar-refractivity contribution in [2.45, 2.75) is 146 Å². The summed E-state index contributed by atoms with van der Waals surface area (Å²) in [6, 6.07) is -1.20. The quantitative estimate of drug-likeness (QED) is 0.124. The summed E-state index contributed by atoms with van der Waals surface area (Å²) < 4.78 is 17.3. The number of nitrogens with one attached hydrogen (secondary N) is 1. The molecule has 12 nitrogen and oxygen atoms in total. The van der Waals surface area contributed by atoms with Crippen LogP contribution in [0.15, 0.2) is 24.7 Å². The lowest BCUT2D eigenvalue weighted by atomic mass is 9.98. The molecular weight excluding hydrogens is 568 g/mol. The topological polar surface area (TPSA) is 164 Å². The maximum atomic E-state index is 13.5. The van der Waals surface area contributed by atoms with Gasteiger partial charge in [-0.05, 0) is 13.0 Å². The van der Waals surface area contributed by atoms with Crippen molar-refractivity contribution < 1.29 is 38.8 Å². The first kappa shape index (κ1) is 36.0. The van der Waals surface area contributed by atoms with Crippen LogP contribution < -0.4 is 11.1 Å². The molecule has 0 radical (unpaired) electrons. The predicted octanol–water partition coefficient (Wildman–Crippen LogP) is 2.78. The van der Waals surface area contributed by atoms with E-state index in [4.69, 9.17) is 19.9 Å². The van der Waals surface area contributed by atoms with Gasteiger partial charge in [-0.25, -0.2) is 4.79 Å². The number of esters is 1. The molecule has 0 aliphatic carbocycles. The Labute approximate surface area is 261 Å². The molecule has 3 heterocycles. The maximum Gasteiger partial charge on any atom is 0.331 e. The van der Waals surface area contributed by atoms with E-state index in [1.54, 1.807) is 0 Å². The number of unbranched alkanes of at least 4 members (excludes halogenated alkanes) is 12. The van der Waals surface area contributed by atoms with Crippen LogP contribution in [0.3, 0.4) is 0 Å². The smallest absolute Gasteiger partial charge is 0.331 e. The Hall–Kier alpha value is -2.51. The van der Waals surface area contributed by atoms with Gasteiger partial charge in [0.1, 0.15) is 36.5 Å². The zero-order chi connectivity index (χ0) is 32.1. The lowest BCUT2D eigenvalue weighted by Crippen LogP contribution is -2.53. The first-order valence-corrected chi connectivity index (χ1v) is 16.5. The van der Waals surface area contributed by atoms with E-state index in [9.17, 15) is 24.6 Å².